The van der Waals surface area contributed by atoms with Gasteiger partial charge in [0.2, 0.25) is 0 Å². The Labute approximate surface area is 196 Å². The lowest BCUT2D eigenvalue weighted by Gasteiger charge is -2.22. The van der Waals surface area contributed by atoms with Crippen LogP contribution in [-0.2, 0) is 0 Å². The molecule has 6 nitrogen and oxygen atoms in total. The van der Waals surface area contributed by atoms with Gasteiger partial charge in [-0.25, -0.2) is 4.98 Å². The summed E-state index contributed by atoms with van der Waals surface area (Å²) in [7, 11) is 1.69. The van der Waals surface area contributed by atoms with Crippen LogP contribution in [0.3, 0.4) is 0 Å². The van der Waals surface area contributed by atoms with Crippen molar-refractivity contribution in [3.63, 3.8) is 0 Å². The fraction of sp³-hybridized carbons (Fsp3) is 0.480. The fourth-order valence-corrected chi connectivity index (χ4v) is 4.18. The Hall–Kier alpha value is -2.12. The Morgan fingerprint density at radius 1 is 0.875 bits per heavy atom. The van der Waals surface area contributed by atoms with E-state index in [1.165, 1.54) is 0 Å². The standard InChI is InChI=1S/C25H36ClN5O/c1-32-20-8-10-23-22(18-20)25(21-9-7-19(26)17-24(21)30-23)29-13-3-5-15-31(16-6-12-28)14-4-2-11-27/h7-10,17-18H,2-6,11-16,27-28H2,1H3,(H,29,30). The summed E-state index contributed by atoms with van der Waals surface area (Å²) in [6, 6.07) is 11.9. The lowest BCUT2D eigenvalue weighted by atomic mass is 10.1. The zero-order valence-electron chi connectivity index (χ0n) is 19.1. The summed E-state index contributed by atoms with van der Waals surface area (Å²) >= 11 is 6.23. The number of halogens is 1. The number of aromatic nitrogens is 1. The predicted octanol–water partition coefficient (Wildman–Crippen LogP) is 4.63. The van der Waals surface area contributed by atoms with Crippen molar-refractivity contribution in [3.05, 3.63) is 41.4 Å². The Bertz CT molecular complexity index is 997. The maximum absolute atomic E-state index is 6.23. The lowest BCUT2D eigenvalue weighted by Crippen LogP contribution is -2.29. The lowest BCUT2D eigenvalue weighted by molar-refractivity contribution is 0.262. The van der Waals surface area contributed by atoms with Gasteiger partial charge in [-0.1, -0.05) is 11.6 Å². The van der Waals surface area contributed by atoms with Crippen LogP contribution in [0.4, 0.5) is 5.69 Å². The Morgan fingerprint density at radius 2 is 1.62 bits per heavy atom. The second kappa shape index (κ2) is 12.8. The molecule has 0 atom stereocenters. The van der Waals surface area contributed by atoms with Crippen LogP contribution in [0.15, 0.2) is 36.4 Å². The number of anilines is 1. The monoisotopic (exact) mass is 457 g/mol. The molecule has 0 amide bonds. The van der Waals surface area contributed by atoms with E-state index in [0.717, 1.165) is 105 Å². The first-order valence-electron chi connectivity index (χ1n) is 11.6. The summed E-state index contributed by atoms with van der Waals surface area (Å²) in [4.78, 5) is 7.32. The molecule has 32 heavy (non-hydrogen) atoms. The number of nitrogens with one attached hydrogen (secondary N) is 1. The average Bonchev–Trinajstić information content (AvgIpc) is 2.80. The molecule has 0 bridgehead atoms. The second-order valence-corrected chi connectivity index (χ2v) is 8.58. The zero-order chi connectivity index (χ0) is 22.8. The van der Waals surface area contributed by atoms with Crippen molar-refractivity contribution in [2.24, 2.45) is 11.5 Å². The minimum absolute atomic E-state index is 0.691. The van der Waals surface area contributed by atoms with E-state index < -0.39 is 0 Å². The summed E-state index contributed by atoms with van der Waals surface area (Å²) in [6.07, 6.45) is 5.49. The van der Waals surface area contributed by atoms with Gasteiger partial charge in [-0.05, 0) is 101 Å². The first-order valence-corrected chi connectivity index (χ1v) is 12.0. The third-order valence-electron chi connectivity index (χ3n) is 5.75. The van der Waals surface area contributed by atoms with Crippen LogP contribution in [0.25, 0.3) is 21.8 Å². The molecule has 7 heteroatoms. The van der Waals surface area contributed by atoms with Crippen molar-refractivity contribution in [1.29, 1.82) is 0 Å². The molecule has 5 N–H and O–H groups in total. The van der Waals surface area contributed by atoms with E-state index in [1.807, 2.05) is 36.4 Å². The van der Waals surface area contributed by atoms with Crippen LogP contribution in [0.2, 0.25) is 5.02 Å². The molecule has 2 aromatic carbocycles. The molecule has 0 fully saturated rings. The van der Waals surface area contributed by atoms with Crippen LogP contribution in [-0.4, -0.2) is 56.3 Å². The summed E-state index contributed by atoms with van der Waals surface area (Å²) in [5, 5.41) is 6.50. The normalized spacial score (nSPS) is 11.5. The number of methoxy groups -OCH3 is 1. The van der Waals surface area contributed by atoms with Crippen molar-refractivity contribution in [2.45, 2.75) is 32.1 Å². The molecule has 0 aliphatic heterocycles. The third kappa shape index (κ3) is 6.69. The van der Waals surface area contributed by atoms with Crippen LogP contribution in [0.5, 0.6) is 5.75 Å². The number of fused-ring (bicyclic) bond motifs is 2. The van der Waals surface area contributed by atoms with E-state index in [-0.39, 0.29) is 0 Å². The van der Waals surface area contributed by atoms with Crippen LogP contribution >= 0.6 is 11.6 Å². The van der Waals surface area contributed by atoms with Crippen molar-refractivity contribution in [3.8, 4) is 5.75 Å². The number of pyridine rings is 1. The van der Waals surface area contributed by atoms with Crippen molar-refractivity contribution >= 4 is 39.1 Å². The summed E-state index contributed by atoms with van der Waals surface area (Å²) in [6.45, 7) is 5.65. The molecule has 3 aromatic rings. The first kappa shape index (κ1) is 24.5. The molecule has 0 spiro atoms. The fourth-order valence-electron chi connectivity index (χ4n) is 4.02. The number of nitrogens with zero attached hydrogens (tertiary/aromatic N) is 2. The molecule has 1 aromatic heterocycles. The van der Waals surface area contributed by atoms with E-state index >= 15 is 0 Å². The predicted molar refractivity (Wildman–Crippen MR) is 137 cm³/mol. The molecule has 0 aliphatic carbocycles. The largest absolute Gasteiger partial charge is 0.497 e. The second-order valence-electron chi connectivity index (χ2n) is 8.14. The molecule has 0 unspecified atom stereocenters. The SMILES string of the molecule is COc1ccc2nc3cc(Cl)ccc3c(NCCCCN(CCCN)CCCCN)c2c1. The summed E-state index contributed by atoms with van der Waals surface area (Å²) in [5.41, 5.74) is 14.3. The van der Waals surface area contributed by atoms with E-state index in [4.69, 9.17) is 32.8 Å². The highest BCUT2D eigenvalue weighted by atomic mass is 35.5. The minimum atomic E-state index is 0.691. The van der Waals surface area contributed by atoms with Crippen LogP contribution in [0.1, 0.15) is 32.1 Å². The minimum Gasteiger partial charge on any atom is -0.497 e. The van der Waals surface area contributed by atoms with Gasteiger partial charge in [-0.3, -0.25) is 0 Å². The van der Waals surface area contributed by atoms with Gasteiger partial charge in [0.05, 0.1) is 23.8 Å². The zero-order valence-corrected chi connectivity index (χ0v) is 19.8. The Morgan fingerprint density at radius 3 is 2.38 bits per heavy atom. The van der Waals surface area contributed by atoms with Gasteiger partial charge in [-0.2, -0.15) is 0 Å². The molecule has 0 saturated heterocycles. The van der Waals surface area contributed by atoms with Gasteiger partial charge in [-0.15, -0.1) is 0 Å². The van der Waals surface area contributed by atoms with Gasteiger partial charge < -0.3 is 26.4 Å². The Kier molecular flexibility index (Phi) is 9.81. The van der Waals surface area contributed by atoms with Gasteiger partial charge in [0.15, 0.2) is 0 Å². The van der Waals surface area contributed by atoms with E-state index in [0.29, 0.717) is 5.02 Å². The van der Waals surface area contributed by atoms with E-state index in [2.05, 4.69) is 10.2 Å². The molecule has 3 rings (SSSR count). The molecular formula is C25H36ClN5O. The van der Waals surface area contributed by atoms with Crippen molar-refractivity contribution in [1.82, 2.24) is 9.88 Å². The quantitative estimate of drug-likeness (QED) is 0.241. The summed E-state index contributed by atoms with van der Waals surface area (Å²) < 4.78 is 5.45. The van der Waals surface area contributed by atoms with Gasteiger partial charge in [0, 0.05) is 22.3 Å². The number of nitrogens with two attached hydrogens (primary N) is 2. The highest BCUT2D eigenvalue weighted by Crippen LogP contribution is 2.34. The van der Waals surface area contributed by atoms with E-state index in [9.17, 15) is 0 Å². The molecule has 0 saturated carbocycles. The molecule has 1 heterocycles. The van der Waals surface area contributed by atoms with E-state index in [1.54, 1.807) is 7.11 Å². The highest BCUT2D eigenvalue weighted by molar-refractivity contribution is 6.31. The smallest absolute Gasteiger partial charge is 0.119 e. The first-order chi connectivity index (χ1) is 15.7. The van der Waals surface area contributed by atoms with Gasteiger partial charge in [0.1, 0.15) is 5.75 Å². The maximum Gasteiger partial charge on any atom is 0.119 e. The average molecular weight is 458 g/mol. The molecular weight excluding hydrogens is 422 g/mol. The molecule has 174 valence electrons. The van der Waals surface area contributed by atoms with Crippen LogP contribution in [0, 0.1) is 0 Å². The highest BCUT2D eigenvalue weighted by Gasteiger charge is 2.11. The number of hydrogen-bond acceptors (Lipinski definition) is 6. The van der Waals surface area contributed by atoms with Gasteiger partial charge in [0.25, 0.3) is 0 Å². The number of ether oxygens (including phenoxy) is 1. The van der Waals surface area contributed by atoms with Crippen LogP contribution < -0.4 is 21.5 Å². The van der Waals surface area contributed by atoms with Crippen molar-refractivity contribution < 1.29 is 4.74 Å². The third-order valence-corrected chi connectivity index (χ3v) is 5.99. The molecule has 0 radical (unpaired) electrons. The summed E-state index contributed by atoms with van der Waals surface area (Å²) in [5.74, 6) is 0.823. The topological polar surface area (TPSA) is 89.4 Å². The molecule has 0 aliphatic rings. The number of hydrogen-bond donors (Lipinski definition) is 3. The number of rotatable bonds is 14. The number of benzene rings is 2. The maximum atomic E-state index is 6.23. The van der Waals surface area contributed by atoms with Gasteiger partial charge >= 0.3 is 0 Å². The Balaban J connectivity index is 1.67. The van der Waals surface area contributed by atoms with Crippen molar-refractivity contribution in [2.75, 3.05) is 51.7 Å². The number of unbranched alkanes of at least 4 members (excludes halogenated alkanes) is 2.